The van der Waals surface area contributed by atoms with Gasteiger partial charge in [0.05, 0.1) is 5.41 Å². The van der Waals surface area contributed by atoms with Gasteiger partial charge in [-0.1, -0.05) is 17.2 Å². The Morgan fingerprint density at radius 1 is 1.28 bits per heavy atom. The molecule has 0 saturated heterocycles. The summed E-state index contributed by atoms with van der Waals surface area (Å²) < 4.78 is 0. The fraction of sp³-hybridized carbons (Fsp3) is 0.625. The molecule has 2 heteroatoms. The van der Waals surface area contributed by atoms with Crippen molar-refractivity contribution in [1.29, 1.82) is 0 Å². The van der Waals surface area contributed by atoms with Crippen molar-refractivity contribution in [2.24, 2.45) is 5.41 Å². The van der Waals surface area contributed by atoms with Gasteiger partial charge in [-0.15, -0.1) is 0 Å². The van der Waals surface area contributed by atoms with Gasteiger partial charge in [0, 0.05) is 12.8 Å². The fourth-order valence-electron chi connectivity index (χ4n) is 3.24. The Balaban J connectivity index is 2.23. The molecule has 1 fully saturated rings. The molecule has 0 unspecified atom stereocenters. The third kappa shape index (κ3) is 2.47. The van der Waals surface area contributed by atoms with Gasteiger partial charge >= 0.3 is 0 Å². The largest absolute Gasteiger partial charge is 0.299 e. The van der Waals surface area contributed by atoms with E-state index in [0.717, 1.165) is 37.7 Å². The molecule has 1 saturated carbocycles. The summed E-state index contributed by atoms with van der Waals surface area (Å²) in [4.78, 5) is 23.9. The van der Waals surface area contributed by atoms with Crippen LogP contribution in [0.2, 0.25) is 0 Å². The Labute approximate surface area is 109 Å². The van der Waals surface area contributed by atoms with Crippen LogP contribution < -0.4 is 0 Å². The van der Waals surface area contributed by atoms with Gasteiger partial charge in [0.2, 0.25) is 0 Å². The smallest absolute Gasteiger partial charge is 0.155 e. The highest BCUT2D eigenvalue weighted by Crippen LogP contribution is 2.47. The van der Waals surface area contributed by atoms with Gasteiger partial charge < -0.3 is 0 Å². The van der Waals surface area contributed by atoms with Crippen molar-refractivity contribution in [3.63, 3.8) is 0 Å². The van der Waals surface area contributed by atoms with Crippen molar-refractivity contribution < 1.29 is 9.59 Å². The molecule has 1 atom stereocenters. The Morgan fingerprint density at radius 3 is 2.78 bits per heavy atom. The van der Waals surface area contributed by atoms with Crippen molar-refractivity contribution in [3.05, 3.63) is 23.3 Å². The Kier molecular flexibility index (Phi) is 3.84. The molecule has 0 radical (unpaired) electrons. The summed E-state index contributed by atoms with van der Waals surface area (Å²) >= 11 is 0. The van der Waals surface area contributed by atoms with Crippen molar-refractivity contribution in [2.75, 3.05) is 0 Å². The van der Waals surface area contributed by atoms with Gasteiger partial charge in [0.1, 0.15) is 5.78 Å². The summed E-state index contributed by atoms with van der Waals surface area (Å²) in [5.74, 6) is 0.576. The second-order valence-electron chi connectivity index (χ2n) is 5.81. The van der Waals surface area contributed by atoms with E-state index in [-0.39, 0.29) is 11.2 Å². The molecule has 0 aromatic heterocycles. The zero-order chi connectivity index (χ0) is 13.2. The lowest BCUT2D eigenvalue weighted by molar-refractivity contribution is -0.130. The molecule has 0 spiro atoms. The molecule has 0 bridgehead atoms. The highest BCUT2D eigenvalue weighted by molar-refractivity contribution is 5.97. The van der Waals surface area contributed by atoms with Gasteiger partial charge in [-0.25, -0.2) is 0 Å². The summed E-state index contributed by atoms with van der Waals surface area (Å²) in [6, 6.07) is 0. The highest BCUT2D eigenvalue weighted by atomic mass is 16.1. The minimum absolute atomic E-state index is 0.206. The number of carbonyl (C=O) groups excluding carboxylic acids is 2. The topological polar surface area (TPSA) is 34.1 Å². The SMILES string of the molecule is CC(C)=CCC[C@@]12CCC(=O)C=C1CCCC2=O. The molecule has 0 N–H and O–H groups in total. The lowest BCUT2D eigenvalue weighted by atomic mass is 9.61. The molecule has 2 nitrogen and oxygen atoms in total. The summed E-state index contributed by atoms with van der Waals surface area (Å²) in [6.45, 7) is 4.17. The molecular weight excluding hydrogens is 224 g/mol. The molecule has 2 rings (SSSR count). The van der Waals surface area contributed by atoms with Crippen molar-refractivity contribution in [1.82, 2.24) is 0 Å². The van der Waals surface area contributed by atoms with E-state index in [0.29, 0.717) is 18.6 Å². The normalized spacial score (nSPS) is 27.6. The van der Waals surface area contributed by atoms with E-state index >= 15 is 0 Å². The molecule has 2 aliphatic rings. The van der Waals surface area contributed by atoms with E-state index in [4.69, 9.17) is 0 Å². The van der Waals surface area contributed by atoms with Crippen LogP contribution >= 0.6 is 0 Å². The van der Waals surface area contributed by atoms with Gasteiger partial charge in [0.25, 0.3) is 0 Å². The Morgan fingerprint density at radius 2 is 2.06 bits per heavy atom. The zero-order valence-corrected chi connectivity index (χ0v) is 11.4. The number of Topliss-reactive ketones (excluding diaryl/α,β-unsaturated/α-hetero) is 1. The Bertz CT molecular complexity index is 424. The van der Waals surface area contributed by atoms with Crippen LogP contribution in [0.3, 0.4) is 0 Å². The monoisotopic (exact) mass is 246 g/mol. The van der Waals surface area contributed by atoms with E-state index in [9.17, 15) is 9.59 Å². The van der Waals surface area contributed by atoms with Crippen LogP contribution in [-0.2, 0) is 9.59 Å². The van der Waals surface area contributed by atoms with Crippen LogP contribution in [0, 0.1) is 5.41 Å². The molecule has 0 aromatic carbocycles. The van der Waals surface area contributed by atoms with Crippen LogP contribution in [0.4, 0.5) is 0 Å². The average Bonchev–Trinajstić information content (AvgIpc) is 2.30. The van der Waals surface area contributed by atoms with Gasteiger partial charge in [-0.05, 0) is 52.0 Å². The minimum Gasteiger partial charge on any atom is -0.299 e. The molecule has 0 aliphatic heterocycles. The van der Waals surface area contributed by atoms with Crippen LogP contribution in [0.15, 0.2) is 23.3 Å². The number of hydrogen-bond acceptors (Lipinski definition) is 2. The number of allylic oxidation sites excluding steroid dienone is 4. The molecule has 0 amide bonds. The van der Waals surface area contributed by atoms with Crippen molar-refractivity contribution >= 4 is 11.6 Å². The van der Waals surface area contributed by atoms with Crippen LogP contribution in [0.5, 0.6) is 0 Å². The van der Waals surface area contributed by atoms with Gasteiger partial charge in [-0.3, -0.25) is 9.59 Å². The fourth-order valence-corrected chi connectivity index (χ4v) is 3.24. The summed E-state index contributed by atoms with van der Waals surface area (Å²) in [6.07, 6.45) is 9.63. The van der Waals surface area contributed by atoms with Crippen LogP contribution in [0.1, 0.15) is 58.8 Å². The third-order valence-corrected chi connectivity index (χ3v) is 4.26. The second-order valence-corrected chi connectivity index (χ2v) is 5.81. The van der Waals surface area contributed by atoms with E-state index in [2.05, 4.69) is 19.9 Å². The van der Waals surface area contributed by atoms with E-state index in [1.165, 1.54) is 5.57 Å². The predicted octanol–water partition coefficient (Wildman–Crippen LogP) is 3.76. The quantitative estimate of drug-likeness (QED) is 0.710. The first-order valence-corrected chi connectivity index (χ1v) is 6.95. The average molecular weight is 246 g/mol. The zero-order valence-electron chi connectivity index (χ0n) is 11.4. The maximum absolute atomic E-state index is 12.4. The number of carbonyl (C=O) groups is 2. The standard InChI is InChI=1S/C16H22O2/c1-12(2)5-4-9-16-10-8-14(17)11-13(16)6-3-7-15(16)18/h5,11H,3-4,6-10H2,1-2H3/t16-/m1/s1. The molecule has 0 aromatic rings. The predicted molar refractivity (Wildman–Crippen MR) is 72.3 cm³/mol. The van der Waals surface area contributed by atoms with E-state index in [1.807, 2.05) is 0 Å². The maximum Gasteiger partial charge on any atom is 0.155 e. The summed E-state index contributed by atoms with van der Waals surface area (Å²) in [5, 5.41) is 0. The van der Waals surface area contributed by atoms with Crippen molar-refractivity contribution in [3.8, 4) is 0 Å². The van der Waals surface area contributed by atoms with Gasteiger partial charge in [0.15, 0.2) is 5.78 Å². The van der Waals surface area contributed by atoms with Gasteiger partial charge in [-0.2, -0.15) is 0 Å². The lowest BCUT2D eigenvalue weighted by Gasteiger charge is -2.40. The summed E-state index contributed by atoms with van der Waals surface area (Å²) in [7, 11) is 0. The number of fused-ring (bicyclic) bond motifs is 1. The molecular formula is C16H22O2. The van der Waals surface area contributed by atoms with E-state index < -0.39 is 0 Å². The number of hydrogen-bond donors (Lipinski definition) is 0. The lowest BCUT2D eigenvalue weighted by Crippen LogP contribution is -2.39. The first kappa shape index (κ1) is 13.3. The molecule has 0 heterocycles. The maximum atomic E-state index is 12.4. The number of rotatable bonds is 3. The Hall–Kier alpha value is -1.18. The molecule has 98 valence electrons. The molecule has 18 heavy (non-hydrogen) atoms. The minimum atomic E-state index is -0.294. The number of ketones is 2. The molecule has 2 aliphatic carbocycles. The van der Waals surface area contributed by atoms with E-state index in [1.54, 1.807) is 6.08 Å². The third-order valence-electron chi connectivity index (χ3n) is 4.26. The summed E-state index contributed by atoms with van der Waals surface area (Å²) in [5.41, 5.74) is 2.13. The van der Waals surface area contributed by atoms with Crippen molar-refractivity contribution in [2.45, 2.75) is 58.8 Å². The van der Waals surface area contributed by atoms with Crippen LogP contribution in [0.25, 0.3) is 0 Å². The second kappa shape index (κ2) is 5.21. The highest BCUT2D eigenvalue weighted by Gasteiger charge is 2.44. The first-order chi connectivity index (χ1) is 8.54. The van der Waals surface area contributed by atoms with Crippen LogP contribution in [-0.4, -0.2) is 11.6 Å². The first-order valence-electron chi connectivity index (χ1n) is 6.95.